The molecule has 0 bridgehead atoms. The molecule has 0 fully saturated rings. The Morgan fingerprint density at radius 3 is 0.667 bits per heavy atom. The van der Waals surface area contributed by atoms with Crippen molar-refractivity contribution in [1.82, 2.24) is 0 Å². The van der Waals surface area contributed by atoms with E-state index in [0.717, 1.165) is 0 Å². The summed E-state index contributed by atoms with van der Waals surface area (Å²) in [7, 11) is 0. The first-order valence-electron chi connectivity index (χ1n) is 17.3. The van der Waals surface area contributed by atoms with Gasteiger partial charge in [0.25, 0.3) is 0 Å². The van der Waals surface area contributed by atoms with Gasteiger partial charge in [-0.1, -0.05) is 26.2 Å². The van der Waals surface area contributed by atoms with E-state index >= 15 is 0 Å². The SMILES string of the molecule is CCCCCCCCCCCCCCCCP(Cl)(CCCCCC)(CCCCCC)CCCCCC. The van der Waals surface area contributed by atoms with Gasteiger partial charge in [0.1, 0.15) is 0 Å². The van der Waals surface area contributed by atoms with Crippen molar-refractivity contribution < 1.29 is 0 Å². The van der Waals surface area contributed by atoms with Crippen LogP contribution in [0, 0.1) is 0 Å². The van der Waals surface area contributed by atoms with E-state index in [1.165, 1.54) is 192 Å². The Kier molecular flexibility index (Phi) is 26.5. The molecule has 0 atom stereocenters. The number of halogens is 1. The van der Waals surface area contributed by atoms with Crippen LogP contribution in [0.2, 0.25) is 0 Å². The first-order valence-corrected chi connectivity index (χ1v) is 21.1. The van der Waals surface area contributed by atoms with Crippen LogP contribution in [0.5, 0.6) is 0 Å². The summed E-state index contributed by atoms with van der Waals surface area (Å²) < 4.78 is 0. The van der Waals surface area contributed by atoms with Crippen LogP contribution in [0.4, 0.5) is 0 Å². The van der Waals surface area contributed by atoms with Gasteiger partial charge in [-0.05, 0) is 0 Å². The van der Waals surface area contributed by atoms with Crippen LogP contribution in [0.25, 0.3) is 0 Å². The molecule has 0 aromatic rings. The van der Waals surface area contributed by atoms with E-state index in [1.54, 1.807) is 0 Å². The second kappa shape index (κ2) is 26.0. The van der Waals surface area contributed by atoms with Crippen LogP contribution in [0.3, 0.4) is 0 Å². The van der Waals surface area contributed by atoms with Crippen molar-refractivity contribution in [2.75, 3.05) is 24.6 Å². The predicted octanol–water partition coefficient (Wildman–Crippen LogP) is 13.9. The fourth-order valence-corrected chi connectivity index (χ4v) is 13.0. The summed E-state index contributed by atoms with van der Waals surface area (Å²) in [5.41, 5.74) is 0. The van der Waals surface area contributed by atoms with E-state index in [4.69, 9.17) is 11.2 Å². The molecular formula is C34H72ClP. The van der Waals surface area contributed by atoms with E-state index in [2.05, 4.69) is 27.7 Å². The molecule has 0 aliphatic heterocycles. The fourth-order valence-electron chi connectivity index (χ4n) is 6.17. The van der Waals surface area contributed by atoms with E-state index in [0.29, 0.717) is 0 Å². The van der Waals surface area contributed by atoms with Gasteiger partial charge in [-0.2, -0.15) is 0 Å². The molecule has 0 aromatic carbocycles. The molecule has 0 nitrogen and oxygen atoms in total. The van der Waals surface area contributed by atoms with Gasteiger partial charge >= 0.3 is 210 Å². The van der Waals surface area contributed by atoms with Gasteiger partial charge < -0.3 is 0 Å². The Hall–Kier alpha value is 0.720. The molecule has 0 spiro atoms. The molecule has 0 aliphatic rings. The van der Waals surface area contributed by atoms with E-state index in [-0.39, 0.29) is 0 Å². The van der Waals surface area contributed by atoms with Crippen molar-refractivity contribution in [1.29, 1.82) is 0 Å². The Labute approximate surface area is 236 Å². The zero-order valence-corrected chi connectivity index (χ0v) is 27.7. The maximum absolute atomic E-state index is 8.02. The molecule has 0 radical (unpaired) electrons. The van der Waals surface area contributed by atoms with Crippen molar-refractivity contribution in [3.8, 4) is 0 Å². The fraction of sp³-hybridized carbons (Fsp3) is 1.00. The molecule has 220 valence electrons. The molecule has 0 amide bonds. The number of hydrogen-bond donors (Lipinski definition) is 0. The van der Waals surface area contributed by atoms with Crippen LogP contribution < -0.4 is 0 Å². The van der Waals surface area contributed by atoms with Gasteiger partial charge in [0.2, 0.25) is 0 Å². The molecule has 2 heteroatoms. The average Bonchev–Trinajstić information content (AvgIpc) is 2.88. The Morgan fingerprint density at radius 1 is 0.278 bits per heavy atom. The summed E-state index contributed by atoms with van der Waals surface area (Å²) >= 11 is 8.02. The Bertz CT molecular complexity index is 401. The van der Waals surface area contributed by atoms with Crippen LogP contribution in [0.1, 0.15) is 195 Å². The van der Waals surface area contributed by atoms with Gasteiger partial charge in [-0.15, -0.1) is 0 Å². The number of rotatable bonds is 30. The molecule has 36 heavy (non-hydrogen) atoms. The van der Waals surface area contributed by atoms with Gasteiger partial charge in [0.05, 0.1) is 0 Å². The van der Waals surface area contributed by atoms with Gasteiger partial charge in [-0.25, -0.2) is 0 Å². The van der Waals surface area contributed by atoms with E-state index < -0.39 is 5.96 Å². The minimum atomic E-state index is -2.07. The number of unbranched alkanes of at least 4 members (excludes halogenated alkanes) is 22. The van der Waals surface area contributed by atoms with Gasteiger partial charge in [0, 0.05) is 0 Å². The van der Waals surface area contributed by atoms with Gasteiger partial charge in [0.15, 0.2) is 0 Å². The monoisotopic (exact) mass is 547 g/mol. The molecule has 0 unspecified atom stereocenters. The molecule has 0 rings (SSSR count). The van der Waals surface area contributed by atoms with E-state index in [1.807, 2.05) is 0 Å². The van der Waals surface area contributed by atoms with Crippen molar-refractivity contribution in [3.05, 3.63) is 0 Å². The molecule has 0 heterocycles. The van der Waals surface area contributed by atoms with E-state index in [9.17, 15) is 0 Å². The second-order valence-corrected chi connectivity index (χ2v) is 20.8. The van der Waals surface area contributed by atoms with Gasteiger partial charge in [-0.3, -0.25) is 0 Å². The van der Waals surface area contributed by atoms with Crippen molar-refractivity contribution >= 4 is 17.2 Å². The summed E-state index contributed by atoms with van der Waals surface area (Å²) in [6.07, 6.45) is 42.5. The Morgan fingerprint density at radius 2 is 0.444 bits per heavy atom. The molecular weight excluding hydrogens is 475 g/mol. The van der Waals surface area contributed by atoms with Crippen molar-refractivity contribution in [2.24, 2.45) is 0 Å². The summed E-state index contributed by atoms with van der Waals surface area (Å²) in [5.74, 6) is -2.07. The third-order valence-corrected chi connectivity index (χ3v) is 16.5. The predicted molar refractivity (Wildman–Crippen MR) is 175 cm³/mol. The zero-order valence-electron chi connectivity index (χ0n) is 26.0. The Balaban J connectivity index is 4.44. The molecule has 0 N–H and O–H groups in total. The van der Waals surface area contributed by atoms with Crippen LogP contribution >= 0.6 is 17.2 Å². The summed E-state index contributed by atoms with van der Waals surface area (Å²) in [6, 6.07) is 0. The minimum absolute atomic E-state index is 1.34. The number of hydrogen-bond acceptors (Lipinski definition) is 0. The van der Waals surface area contributed by atoms with Crippen LogP contribution in [-0.4, -0.2) is 24.6 Å². The summed E-state index contributed by atoms with van der Waals surface area (Å²) in [4.78, 5) is 0. The maximum atomic E-state index is 8.02. The molecule has 0 aromatic heterocycles. The topological polar surface area (TPSA) is 0 Å². The first-order chi connectivity index (χ1) is 17.5. The summed E-state index contributed by atoms with van der Waals surface area (Å²) in [6.45, 7) is 9.32. The molecule has 0 saturated heterocycles. The van der Waals surface area contributed by atoms with Crippen molar-refractivity contribution in [2.45, 2.75) is 195 Å². The standard InChI is InChI=1S/C34H72ClP/c1-5-9-13-17-18-19-20-21-22-23-24-25-26-30-34-36(35,31-27-14-10-6-2,32-28-15-11-7-3)33-29-16-12-8-4/h5-34H2,1-4H3. The van der Waals surface area contributed by atoms with Crippen LogP contribution in [-0.2, 0) is 0 Å². The summed E-state index contributed by atoms with van der Waals surface area (Å²) in [5, 5.41) is 0. The first kappa shape index (κ1) is 36.7. The second-order valence-electron chi connectivity index (χ2n) is 12.5. The normalized spacial score (nSPS) is 13.2. The molecule has 0 saturated carbocycles. The third kappa shape index (κ3) is 21.6. The molecule has 0 aliphatic carbocycles. The van der Waals surface area contributed by atoms with Crippen molar-refractivity contribution in [3.63, 3.8) is 0 Å². The zero-order chi connectivity index (χ0) is 26.7. The average molecular weight is 547 g/mol. The van der Waals surface area contributed by atoms with Crippen LogP contribution in [0.15, 0.2) is 0 Å². The third-order valence-electron chi connectivity index (χ3n) is 8.78. The quantitative estimate of drug-likeness (QED) is 0.0620.